The molecule has 2 heterocycles. The first kappa shape index (κ1) is 24.8. The van der Waals surface area contributed by atoms with E-state index in [0.717, 1.165) is 25.9 Å². The van der Waals surface area contributed by atoms with Crippen LogP contribution in [0.25, 0.3) is 0 Å². The molecule has 0 unspecified atom stereocenters. The van der Waals surface area contributed by atoms with Crippen LogP contribution in [0.5, 0.6) is 5.75 Å². The molecule has 1 atom stereocenters. The zero-order valence-electron chi connectivity index (χ0n) is 19.5. The zero-order chi connectivity index (χ0) is 23.1. The van der Waals surface area contributed by atoms with Gasteiger partial charge in [-0.25, -0.2) is 0 Å². The molecular weight excluding hydrogens is 430 g/mol. The monoisotopic (exact) mass is 465 g/mol. The summed E-state index contributed by atoms with van der Waals surface area (Å²) < 4.78 is 12.3. The molecule has 0 radical (unpaired) electrons. The van der Waals surface area contributed by atoms with Gasteiger partial charge in [0.2, 0.25) is 11.8 Å². The lowest BCUT2D eigenvalue weighted by molar-refractivity contribution is -0.168. The van der Waals surface area contributed by atoms with Gasteiger partial charge in [0, 0.05) is 43.7 Å². The quantitative estimate of drug-likeness (QED) is 0.590. The third-order valence-corrected chi connectivity index (χ3v) is 6.76. The first-order chi connectivity index (χ1) is 15.4. The van der Waals surface area contributed by atoms with Crippen LogP contribution in [-0.4, -0.2) is 91.6 Å². The third kappa shape index (κ3) is 6.36. The first-order valence-corrected chi connectivity index (χ1v) is 12.0. The molecule has 0 saturated carbocycles. The number of carbonyl (C=O) groups excluding carboxylic acids is 2. The number of benzene rings is 1. The Hall–Kier alpha value is -1.83. The van der Waals surface area contributed by atoms with Gasteiger partial charge >= 0.3 is 0 Å². The molecule has 0 bridgehead atoms. The summed E-state index contributed by atoms with van der Waals surface area (Å²) in [4.78, 5) is 32.3. The fraction of sp³-hybridized carbons (Fsp3) is 0.667. The van der Waals surface area contributed by atoms with Crippen LogP contribution in [0.1, 0.15) is 33.1 Å². The molecule has 8 heteroatoms. The van der Waals surface area contributed by atoms with Gasteiger partial charge in [-0.3, -0.25) is 9.59 Å². The van der Waals surface area contributed by atoms with Crippen molar-refractivity contribution in [3.05, 3.63) is 29.3 Å². The summed E-state index contributed by atoms with van der Waals surface area (Å²) in [6.45, 7) is 8.67. The van der Waals surface area contributed by atoms with Crippen LogP contribution in [0.3, 0.4) is 0 Å². The summed E-state index contributed by atoms with van der Waals surface area (Å²) in [5, 5.41) is 0.583. The topological polar surface area (TPSA) is 62.3 Å². The Morgan fingerprint density at radius 3 is 2.50 bits per heavy atom. The molecule has 1 aromatic rings. The summed E-state index contributed by atoms with van der Waals surface area (Å²) in [6.07, 6.45) is 1.79. The minimum Gasteiger partial charge on any atom is -0.490 e. The molecule has 32 heavy (non-hydrogen) atoms. The highest BCUT2D eigenvalue weighted by molar-refractivity contribution is 6.30. The molecule has 0 N–H and O–H groups in total. The van der Waals surface area contributed by atoms with Gasteiger partial charge in [0.15, 0.2) is 0 Å². The predicted molar refractivity (Wildman–Crippen MR) is 125 cm³/mol. The predicted octanol–water partition coefficient (Wildman–Crippen LogP) is 2.92. The summed E-state index contributed by atoms with van der Waals surface area (Å²) in [5.74, 6) is 0.797. The number of halogens is 1. The Kier molecular flexibility index (Phi) is 8.79. The molecule has 2 amide bonds. The Morgan fingerprint density at radius 2 is 1.84 bits per heavy atom. The lowest BCUT2D eigenvalue weighted by Gasteiger charge is -2.44. The highest BCUT2D eigenvalue weighted by Gasteiger charge is 2.43. The molecular formula is C24H36ClN3O4. The van der Waals surface area contributed by atoms with Crippen LogP contribution in [0.15, 0.2) is 24.3 Å². The molecule has 178 valence electrons. The van der Waals surface area contributed by atoms with Gasteiger partial charge in [-0.05, 0) is 38.1 Å². The number of amides is 2. The maximum absolute atomic E-state index is 13.2. The van der Waals surface area contributed by atoms with Gasteiger partial charge in [-0.2, -0.15) is 0 Å². The normalized spacial score (nSPS) is 22.3. The fourth-order valence-electron chi connectivity index (χ4n) is 4.39. The lowest BCUT2D eigenvalue weighted by atomic mass is 9.94. The number of hydrogen-bond acceptors (Lipinski definition) is 5. The molecule has 1 aromatic carbocycles. The lowest BCUT2D eigenvalue weighted by Crippen LogP contribution is -2.59. The Bertz CT molecular complexity index is 780. The minimum atomic E-state index is -0.886. The van der Waals surface area contributed by atoms with Crippen molar-refractivity contribution in [2.75, 3.05) is 59.5 Å². The van der Waals surface area contributed by atoms with Crippen molar-refractivity contribution in [3.8, 4) is 5.75 Å². The van der Waals surface area contributed by atoms with Crippen LogP contribution in [0.4, 0.5) is 0 Å². The number of likely N-dealkylation sites (N-methyl/N-ethyl adjacent to an activating group) is 1. The second-order valence-electron chi connectivity index (χ2n) is 8.91. The van der Waals surface area contributed by atoms with E-state index >= 15 is 0 Å². The van der Waals surface area contributed by atoms with Crippen molar-refractivity contribution in [2.24, 2.45) is 5.92 Å². The molecule has 0 aromatic heterocycles. The van der Waals surface area contributed by atoms with E-state index < -0.39 is 5.60 Å². The van der Waals surface area contributed by atoms with E-state index in [0.29, 0.717) is 43.6 Å². The molecule has 2 aliphatic heterocycles. The molecule has 0 spiro atoms. The van der Waals surface area contributed by atoms with Gasteiger partial charge < -0.3 is 24.2 Å². The van der Waals surface area contributed by atoms with Crippen LogP contribution in [0, 0.1) is 5.92 Å². The largest absolute Gasteiger partial charge is 0.490 e. The number of nitrogens with zero attached hydrogens (tertiary/aromatic N) is 3. The van der Waals surface area contributed by atoms with E-state index in [2.05, 4.69) is 11.9 Å². The second-order valence-corrected chi connectivity index (χ2v) is 9.35. The molecule has 3 rings (SSSR count). The smallest absolute Gasteiger partial charge is 0.225 e. The van der Waals surface area contributed by atoms with Gasteiger partial charge in [0.25, 0.3) is 0 Å². The SMILES string of the molecule is CCC(CC)C(=O)N1CCO[C@@](COc2cccc(Cl)c2)(CC(=O)N2CCN(C)CC2)C1. The zero-order valence-corrected chi connectivity index (χ0v) is 20.3. The van der Waals surface area contributed by atoms with Crippen molar-refractivity contribution in [2.45, 2.75) is 38.7 Å². The number of carbonyl (C=O) groups is 2. The Labute approximate surface area is 196 Å². The van der Waals surface area contributed by atoms with Crippen molar-refractivity contribution in [3.63, 3.8) is 0 Å². The summed E-state index contributed by atoms with van der Waals surface area (Å²) >= 11 is 6.10. The molecule has 2 aliphatic rings. The highest BCUT2D eigenvalue weighted by Crippen LogP contribution is 2.28. The average Bonchev–Trinajstić information content (AvgIpc) is 2.79. The van der Waals surface area contributed by atoms with E-state index in [1.807, 2.05) is 35.8 Å². The summed E-state index contributed by atoms with van der Waals surface area (Å²) in [6, 6.07) is 7.18. The van der Waals surface area contributed by atoms with E-state index in [4.69, 9.17) is 21.1 Å². The maximum Gasteiger partial charge on any atom is 0.225 e. The van der Waals surface area contributed by atoms with E-state index in [1.165, 1.54) is 0 Å². The second kappa shape index (κ2) is 11.3. The molecule has 7 nitrogen and oxygen atoms in total. The van der Waals surface area contributed by atoms with Gasteiger partial charge in [-0.1, -0.05) is 31.5 Å². The van der Waals surface area contributed by atoms with Gasteiger partial charge in [0.05, 0.1) is 19.6 Å². The van der Waals surface area contributed by atoms with E-state index in [-0.39, 0.29) is 30.8 Å². The Balaban J connectivity index is 1.76. The maximum atomic E-state index is 13.2. The third-order valence-electron chi connectivity index (χ3n) is 6.52. The Morgan fingerprint density at radius 1 is 1.12 bits per heavy atom. The molecule has 0 aliphatic carbocycles. The van der Waals surface area contributed by atoms with Crippen LogP contribution in [0.2, 0.25) is 5.02 Å². The summed E-state index contributed by atoms with van der Waals surface area (Å²) in [7, 11) is 2.06. The first-order valence-electron chi connectivity index (χ1n) is 11.6. The standard InChI is InChI=1S/C24H36ClN3O4/c1-4-19(5-2)23(30)28-13-14-32-24(17-28,18-31-21-8-6-7-20(25)15-21)16-22(29)27-11-9-26(3)10-12-27/h6-8,15,19H,4-5,9-14,16-18H2,1-3H3/t24-/m0/s1. The fourth-order valence-corrected chi connectivity index (χ4v) is 4.57. The van der Waals surface area contributed by atoms with E-state index in [9.17, 15) is 9.59 Å². The van der Waals surface area contributed by atoms with Crippen molar-refractivity contribution < 1.29 is 19.1 Å². The van der Waals surface area contributed by atoms with Crippen LogP contribution < -0.4 is 4.74 Å². The van der Waals surface area contributed by atoms with Crippen molar-refractivity contribution >= 4 is 23.4 Å². The van der Waals surface area contributed by atoms with Crippen LogP contribution in [-0.2, 0) is 14.3 Å². The highest BCUT2D eigenvalue weighted by atomic mass is 35.5. The minimum absolute atomic E-state index is 0.00650. The van der Waals surface area contributed by atoms with Crippen molar-refractivity contribution in [1.29, 1.82) is 0 Å². The number of rotatable bonds is 8. The van der Waals surface area contributed by atoms with Crippen molar-refractivity contribution in [1.82, 2.24) is 14.7 Å². The molecule has 2 saturated heterocycles. The summed E-state index contributed by atoms with van der Waals surface area (Å²) in [5.41, 5.74) is -0.886. The average molecular weight is 466 g/mol. The number of piperazine rings is 1. The number of hydrogen-bond donors (Lipinski definition) is 0. The van der Waals surface area contributed by atoms with Gasteiger partial charge in [0.1, 0.15) is 18.0 Å². The van der Waals surface area contributed by atoms with Gasteiger partial charge in [-0.15, -0.1) is 0 Å². The number of ether oxygens (including phenoxy) is 2. The number of morpholine rings is 1. The molecule has 2 fully saturated rings. The van der Waals surface area contributed by atoms with E-state index in [1.54, 1.807) is 12.1 Å². The van der Waals surface area contributed by atoms with Crippen LogP contribution >= 0.6 is 11.6 Å².